The Morgan fingerprint density at radius 2 is 1.71 bits per heavy atom. The number of alkyl halides is 1. The first-order valence-corrected chi connectivity index (χ1v) is 13.6. The Bertz CT molecular complexity index is 1110. The number of aliphatic hydroxyl groups is 3. The summed E-state index contributed by atoms with van der Waals surface area (Å²) < 4.78 is 14.6. The molecule has 0 radical (unpaired) electrons. The molecule has 2 atom stereocenters. The Morgan fingerprint density at radius 3 is 2.31 bits per heavy atom. The predicted molar refractivity (Wildman–Crippen MR) is 150 cm³/mol. The molecule has 3 N–H and O–H groups in total. The summed E-state index contributed by atoms with van der Waals surface area (Å²) in [7, 11) is 0. The number of hydrogen-bond donors (Lipinski definition) is 3. The van der Waals surface area contributed by atoms with E-state index in [1.165, 1.54) is 0 Å². The second kappa shape index (κ2) is 12.9. The number of aromatic nitrogens is 3. The van der Waals surface area contributed by atoms with E-state index >= 15 is 0 Å². The maximum Gasteiger partial charge on any atom is 0.132 e. The predicted octanol–water partition coefficient (Wildman–Crippen LogP) is 3.72. The van der Waals surface area contributed by atoms with Crippen LogP contribution < -0.4 is 9.47 Å². The van der Waals surface area contributed by atoms with Crippen LogP contribution in [-0.2, 0) is 18.6 Å². The summed E-state index contributed by atoms with van der Waals surface area (Å²) in [6.45, 7) is 4.58. The maximum atomic E-state index is 10.3. The fraction of sp³-hybridized carbons (Fsp3) is 0.417. The Kier molecular flexibility index (Phi) is 10.4. The van der Waals surface area contributed by atoms with Crippen molar-refractivity contribution in [2.24, 2.45) is 0 Å². The molecule has 0 aliphatic rings. The van der Waals surface area contributed by atoms with Crippen molar-refractivity contribution in [3.05, 3.63) is 66.6 Å². The number of benzene rings is 2. The van der Waals surface area contributed by atoms with Crippen molar-refractivity contribution in [1.29, 1.82) is 0 Å². The van der Waals surface area contributed by atoms with Gasteiger partial charge in [-0.1, -0.05) is 37.3 Å². The van der Waals surface area contributed by atoms with Crippen LogP contribution in [0.1, 0.15) is 30.7 Å². The van der Waals surface area contributed by atoms with Crippen molar-refractivity contribution in [3.8, 4) is 11.5 Å². The third kappa shape index (κ3) is 7.41. The second-order valence-electron chi connectivity index (χ2n) is 8.55. The fourth-order valence-corrected chi connectivity index (χ4v) is 4.70. The molecule has 3 rings (SSSR count). The summed E-state index contributed by atoms with van der Waals surface area (Å²) in [6, 6.07) is 13.8. The molecule has 0 aliphatic heterocycles. The number of hydrogen-bond acceptors (Lipinski definition) is 7. The summed E-state index contributed by atoms with van der Waals surface area (Å²) in [4.78, 5) is 0. The molecule has 0 saturated carbocycles. The summed E-state index contributed by atoms with van der Waals surface area (Å²) in [5, 5.41) is 37.0. The van der Waals surface area contributed by atoms with E-state index in [4.69, 9.17) is 21.1 Å². The molecule has 0 aliphatic carbocycles. The number of rotatable bonds is 12. The van der Waals surface area contributed by atoms with Gasteiger partial charge in [-0.05, 0) is 80.6 Å². The quantitative estimate of drug-likeness (QED) is 0.193. The lowest BCUT2D eigenvalue weighted by Crippen LogP contribution is -2.25. The minimum Gasteiger partial charge on any atom is -0.491 e. The molecule has 8 nitrogen and oxygen atoms in total. The second-order valence-corrected chi connectivity index (χ2v) is 11.0. The minimum atomic E-state index is -0.777. The molecule has 1 aromatic heterocycles. The molecular weight excluding hydrogens is 696 g/mol. The van der Waals surface area contributed by atoms with Gasteiger partial charge in [-0.3, -0.25) is 0 Å². The molecule has 190 valence electrons. The fourth-order valence-electron chi connectivity index (χ4n) is 3.37. The summed E-state index contributed by atoms with van der Waals surface area (Å²) in [5.41, 5.74) is 2.46. The van der Waals surface area contributed by atoms with Crippen LogP contribution in [0.15, 0.2) is 42.5 Å². The van der Waals surface area contributed by atoms with E-state index in [0.717, 1.165) is 14.7 Å². The van der Waals surface area contributed by atoms with E-state index in [-0.39, 0.29) is 37.7 Å². The highest BCUT2D eigenvalue weighted by molar-refractivity contribution is 14.1. The van der Waals surface area contributed by atoms with Crippen LogP contribution in [0, 0.1) is 7.27 Å². The topological polar surface area (TPSA) is 110 Å². The van der Waals surface area contributed by atoms with Crippen LogP contribution in [-0.4, -0.2) is 61.6 Å². The summed E-state index contributed by atoms with van der Waals surface area (Å²) in [6.07, 6.45) is -1.47. The lowest BCUT2D eigenvalue weighted by atomic mass is 9.78. The minimum absolute atomic E-state index is 0.102. The van der Waals surface area contributed by atoms with Gasteiger partial charge >= 0.3 is 0 Å². The molecule has 0 fully saturated rings. The van der Waals surface area contributed by atoms with Crippen molar-refractivity contribution in [2.45, 2.75) is 44.6 Å². The van der Waals surface area contributed by atoms with Gasteiger partial charge in [-0.2, -0.15) is 0 Å². The van der Waals surface area contributed by atoms with Crippen LogP contribution >= 0.6 is 56.8 Å². The van der Waals surface area contributed by atoms with Gasteiger partial charge in [0.2, 0.25) is 0 Å². The average Bonchev–Trinajstić information content (AvgIpc) is 3.20. The van der Waals surface area contributed by atoms with Gasteiger partial charge in [0.15, 0.2) is 0 Å². The molecule has 0 unspecified atom stereocenters. The number of aliphatic hydroxyl groups excluding tert-OH is 3. The van der Waals surface area contributed by atoms with E-state index in [9.17, 15) is 15.3 Å². The Hall–Kier alpha value is -1.19. The van der Waals surface area contributed by atoms with Crippen LogP contribution in [0.25, 0.3) is 0 Å². The first-order valence-electron chi connectivity index (χ1n) is 10.9. The van der Waals surface area contributed by atoms with Gasteiger partial charge in [0.05, 0.1) is 22.6 Å². The summed E-state index contributed by atoms with van der Waals surface area (Å²) in [5.74, 6) is 1.50. The SMILES string of the molecule is CC(C)(c1ccc(OC[C@H](O)Cn2nnc(CO)c2[123I])cc1)c1ccc(OC[C@H](O)CCl)c(I)c1. The largest absolute Gasteiger partial charge is 0.491 e. The van der Waals surface area contributed by atoms with Crippen LogP contribution in [0.3, 0.4) is 0 Å². The zero-order valence-corrected chi connectivity index (χ0v) is 24.4. The number of nitrogens with zero attached hydrogens (tertiary/aromatic N) is 3. The average molecular weight is 724 g/mol. The lowest BCUT2D eigenvalue weighted by Gasteiger charge is -2.27. The van der Waals surface area contributed by atoms with Gasteiger partial charge in [-0.15, -0.1) is 16.7 Å². The molecule has 0 saturated heterocycles. The lowest BCUT2D eigenvalue weighted by molar-refractivity contribution is 0.0881. The van der Waals surface area contributed by atoms with Crippen LogP contribution in [0.5, 0.6) is 11.5 Å². The van der Waals surface area contributed by atoms with Gasteiger partial charge in [0.25, 0.3) is 0 Å². The Morgan fingerprint density at radius 1 is 1.06 bits per heavy atom. The normalized spacial score (nSPS) is 13.5. The molecule has 2 aromatic carbocycles. The van der Waals surface area contributed by atoms with Gasteiger partial charge in [0, 0.05) is 5.41 Å². The Labute approximate surface area is 236 Å². The maximum absolute atomic E-state index is 10.3. The van der Waals surface area contributed by atoms with E-state index in [1.807, 2.05) is 59.0 Å². The van der Waals surface area contributed by atoms with E-state index < -0.39 is 12.2 Å². The highest BCUT2D eigenvalue weighted by Crippen LogP contribution is 2.35. The highest BCUT2D eigenvalue weighted by atomic mass is 127. The molecular formula is C24H28ClI2N3O5. The molecule has 11 heteroatoms. The monoisotopic (exact) mass is 723 g/mol. The molecule has 3 aromatic rings. The van der Waals surface area contributed by atoms with Crippen molar-refractivity contribution in [3.63, 3.8) is 0 Å². The van der Waals surface area contributed by atoms with E-state index in [0.29, 0.717) is 20.9 Å². The third-order valence-corrected chi connectivity index (χ3v) is 7.93. The highest BCUT2D eigenvalue weighted by Gasteiger charge is 2.24. The number of halogens is 3. The first-order chi connectivity index (χ1) is 16.6. The van der Waals surface area contributed by atoms with Gasteiger partial charge in [0.1, 0.15) is 46.3 Å². The van der Waals surface area contributed by atoms with Crippen molar-refractivity contribution in [1.82, 2.24) is 15.0 Å². The van der Waals surface area contributed by atoms with E-state index in [2.05, 4.69) is 52.8 Å². The molecule has 35 heavy (non-hydrogen) atoms. The third-order valence-electron chi connectivity index (χ3n) is 5.55. The molecule has 0 bridgehead atoms. The van der Waals surface area contributed by atoms with Crippen molar-refractivity contribution >= 4 is 56.8 Å². The molecule has 1 heterocycles. The van der Waals surface area contributed by atoms with Gasteiger partial charge < -0.3 is 24.8 Å². The molecule has 0 amide bonds. The first kappa shape index (κ1) is 28.4. The Balaban J connectivity index is 1.60. The standard InChI is InChI=1S/C24H28ClI2N3O5/c1-24(2,16-5-8-22(20(26)9-16)35-13-17(32)10-25)15-3-6-19(7-4-15)34-14-18(33)11-30-23(27)21(12-31)28-29-30/h3-9,17-18,31-33H,10-14H2,1-2H3/t17-,18-/m1/s1/i27-4. The zero-order chi connectivity index (χ0) is 25.6. The zero-order valence-electron chi connectivity index (χ0n) is 19.4. The van der Waals surface area contributed by atoms with Crippen molar-refractivity contribution in [2.75, 3.05) is 19.1 Å². The van der Waals surface area contributed by atoms with Crippen LogP contribution in [0.4, 0.5) is 0 Å². The smallest absolute Gasteiger partial charge is 0.132 e. The van der Waals surface area contributed by atoms with Gasteiger partial charge in [-0.25, -0.2) is 4.68 Å². The van der Waals surface area contributed by atoms with Crippen molar-refractivity contribution < 1.29 is 24.8 Å². The van der Waals surface area contributed by atoms with E-state index in [1.54, 1.807) is 4.68 Å². The summed E-state index contributed by atoms with van der Waals surface area (Å²) >= 11 is 9.91. The van der Waals surface area contributed by atoms with Crippen LogP contribution in [0.2, 0.25) is 0 Å². The number of ether oxygens (including phenoxy) is 2. The molecule has 0 spiro atoms.